The zero-order valence-corrected chi connectivity index (χ0v) is 9.43. The minimum atomic E-state index is 0.488. The molecule has 1 N–H and O–H groups in total. The maximum absolute atomic E-state index is 5.58. The van der Waals surface area contributed by atoms with Gasteiger partial charge in [-0.2, -0.15) is 5.10 Å². The largest absolute Gasteiger partial charge is 0.421 e. The van der Waals surface area contributed by atoms with E-state index in [0.717, 1.165) is 5.69 Å². The van der Waals surface area contributed by atoms with Crippen LogP contribution in [0.3, 0.4) is 0 Å². The molecule has 0 aromatic carbocycles. The van der Waals surface area contributed by atoms with Gasteiger partial charge in [-0.25, -0.2) is 14.6 Å². The summed E-state index contributed by atoms with van der Waals surface area (Å²) >= 11 is 0. The third-order valence-corrected chi connectivity index (χ3v) is 2.07. The van der Waals surface area contributed by atoms with Crippen LogP contribution in [-0.2, 0) is 7.05 Å². The number of rotatable bonds is 3. The zero-order valence-electron chi connectivity index (χ0n) is 9.43. The molecular formula is C10H13N5O. The van der Waals surface area contributed by atoms with Crippen molar-refractivity contribution in [3.05, 3.63) is 24.2 Å². The Kier molecular flexibility index (Phi) is 2.72. The van der Waals surface area contributed by atoms with Crippen molar-refractivity contribution in [3.8, 4) is 11.8 Å². The molecule has 0 aliphatic heterocycles. The highest BCUT2D eigenvalue weighted by molar-refractivity contribution is 5.37. The van der Waals surface area contributed by atoms with Gasteiger partial charge < -0.3 is 10.1 Å². The Morgan fingerprint density at radius 1 is 1.31 bits per heavy atom. The highest BCUT2D eigenvalue weighted by Gasteiger charge is 2.05. The Hall–Kier alpha value is -2.11. The van der Waals surface area contributed by atoms with Crippen LogP contribution in [0, 0.1) is 6.92 Å². The van der Waals surface area contributed by atoms with Crippen molar-refractivity contribution in [2.45, 2.75) is 6.92 Å². The Labute approximate surface area is 93.3 Å². The first-order valence-electron chi connectivity index (χ1n) is 4.87. The molecule has 0 saturated heterocycles. The molecule has 0 spiro atoms. The second kappa shape index (κ2) is 4.18. The first kappa shape index (κ1) is 10.4. The number of nitrogens with one attached hydrogen (secondary N) is 1. The van der Waals surface area contributed by atoms with Crippen molar-refractivity contribution in [1.29, 1.82) is 0 Å². The fraction of sp³-hybridized carbons (Fsp3) is 0.300. The first-order chi connectivity index (χ1) is 7.69. The Balaban J connectivity index is 2.23. The molecule has 0 saturated carbocycles. The molecule has 0 fully saturated rings. The Morgan fingerprint density at radius 3 is 2.75 bits per heavy atom. The number of ether oxygens (including phenoxy) is 1. The molecule has 2 rings (SSSR count). The van der Waals surface area contributed by atoms with Crippen molar-refractivity contribution < 1.29 is 4.74 Å². The van der Waals surface area contributed by atoms with Gasteiger partial charge in [-0.05, 0) is 6.92 Å². The smallest absolute Gasteiger partial charge is 0.226 e. The molecule has 0 bridgehead atoms. The van der Waals surface area contributed by atoms with Crippen LogP contribution in [0.2, 0.25) is 0 Å². The van der Waals surface area contributed by atoms with Gasteiger partial charge in [-0.1, -0.05) is 0 Å². The standard InChI is InChI=1S/C10H13N5O/c1-7-4-10(15(3)14-7)16-9-5-8(11-2)12-6-13-9/h4-6H,1-3H3,(H,11,12,13). The molecule has 0 aliphatic rings. The summed E-state index contributed by atoms with van der Waals surface area (Å²) < 4.78 is 7.24. The maximum Gasteiger partial charge on any atom is 0.226 e. The second-order valence-electron chi connectivity index (χ2n) is 3.34. The topological polar surface area (TPSA) is 64.9 Å². The van der Waals surface area contributed by atoms with Crippen molar-refractivity contribution in [2.75, 3.05) is 12.4 Å². The molecule has 2 heterocycles. The van der Waals surface area contributed by atoms with Crippen LogP contribution in [-0.4, -0.2) is 26.8 Å². The van der Waals surface area contributed by atoms with E-state index in [1.807, 2.05) is 20.0 Å². The van der Waals surface area contributed by atoms with E-state index in [9.17, 15) is 0 Å². The zero-order chi connectivity index (χ0) is 11.5. The summed E-state index contributed by atoms with van der Waals surface area (Å²) in [6, 6.07) is 3.57. The predicted octanol–water partition coefficient (Wildman–Crippen LogP) is 1.35. The fourth-order valence-corrected chi connectivity index (χ4v) is 1.32. The van der Waals surface area contributed by atoms with Gasteiger partial charge in [0.2, 0.25) is 11.8 Å². The Bertz CT molecular complexity index is 494. The molecular weight excluding hydrogens is 206 g/mol. The lowest BCUT2D eigenvalue weighted by atomic mass is 10.5. The molecule has 2 aromatic heterocycles. The third-order valence-electron chi connectivity index (χ3n) is 2.07. The first-order valence-corrected chi connectivity index (χ1v) is 4.87. The average Bonchev–Trinajstić information content (AvgIpc) is 2.58. The maximum atomic E-state index is 5.58. The van der Waals surface area contributed by atoms with E-state index in [2.05, 4.69) is 20.4 Å². The summed E-state index contributed by atoms with van der Waals surface area (Å²) in [7, 11) is 3.61. The van der Waals surface area contributed by atoms with E-state index in [4.69, 9.17) is 4.74 Å². The summed E-state index contributed by atoms with van der Waals surface area (Å²) in [6.07, 6.45) is 1.45. The normalized spacial score (nSPS) is 10.2. The van der Waals surface area contributed by atoms with E-state index in [-0.39, 0.29) is 0 Å². The highest BCUT2D eigenvalue weighted by atomic mass is 16.5. The molecule has 0 aliphatic carbocycles. The molecule has 0 unspecified atom stereocenters. The number of aromatic nitrogens is 4. The third kappa shape index (κ3) is 2.10. The van der Waals surface area contributed by atoms with Gasteiger partial charge in [-0.15, -0.1) is 0 Å². The number of aryl methyl sites for hydroxylation is 2. The molecule has 2 aromatic rings. The van der Waals surface area contributed by atoms with Crippen LogP contribution in [0.4, 0.5) is 5.82 Å². The van der Waals surface area contributed by atoms with E-state index >= 15 is 0 Å². The lowest BCUT2D eigenvalue weighted by Gasteiger charge is -2.05. The summed E-state index contributed by atoms with van der Waals surface area (Å²) in [4.78, 5) is 8.02. The minimum Gasteiger partial charge on any atom is -0.421 e. The number of nitrogens with zero attached hydrogens (tertiary/aromatic N) is 4. The molecule has 6 heteroatoms. The molecule has 6 nitrogen and oxygen atoms in total. The second-order valence-corrected chi connectivity index (χ2v) is 3.34. The van der Waals surface area contributed by atoms with Gasteiger partial charge in [-0.3, -0.25) is 0 Å². The van der Waals surface area contributed by atoms with Crippen LogP contribution in [0.1, 0.15) is 5.69 Å². The molecule has 0 atom stereocenters. The predicted molar refractivity (Wildman–Crippen MR) is 59.6 cm³/mol. The van der Waals surface area contributed by atoms with Crippen LogP contribution in [0.25, 0.3) is 0 Å². The number of hydrogen-bond donors (Lipinski definition) is 1. The van der Waals surface area contributed by atoms with E-state index in [1.165, 1.54) is 6.33 Å². The van der Waals surface area contributed by atoms with Gasteiger partial charge in [0, 0.05) is 26.2 Å². The van der Waals surface area contributed by atoms with E-state index < -0.39 is 0 Å². The van der Waals surface area contributed by atoms with Crippen molar-refractivity contribution in [2.24, 2.45) is 7.05 Å². The van der Waals surface area contributed by atoms with Crippen molar-refractivity contribution in [1.82, 2.24) is 19.7 Å². The quantitative estimate of drug-likeness (QED) is 0.844. The van der Waals surface area contributed by atoms with E-state index in [0.29, 0.717) is 17.6 Å². The van der Waals surface area contributed by atoms with Crippen LogP contribution in [0.5, 0.6) is 11.8 Å². The fourth-order valence-electron chi connectivity index (χ4n) is 1.32. The van der Waals surface area contributed by atoms with Crippen LogP contribution >= 0.6 is 0 Å². The monoisotopic (exact) mass is 219 g/mol. The number of hydrogen-bond acceptors (Lipinski definition) is 5. The van der Waals surface area contributed by atoms with Crippen LogP contribution in [0.15, 0.2) is 18.5 Å². The van der Waals surface area contributed by atoms with Gasteiger partial charge >= 0.3 is 0 Å². The van der Waals surface area contributed by atoms with Gasteiger partial charge in [0.1, 0.15) is 12.1 Å². The molecule has 0 radical (unpaired) electrons. The molecule has 84 valence electrons. The van der Waals surface area contributed by atoms with Crippen molar-refractivity contribution in [3.63, 3.8) is 0 Å². The average molecular weight is 219 g/mol. The Morgan fingerprint density at radius 2 is 2.12 bits per heavy atom. The lowest BCUT2D eigenvalue weighted by molar-refractivity contribution is 0.415. The van der Waals surface area contributed by atoms with E-state index in [1.54, 1.807) is 17.8 Å². The SMILES string of the molecule is CNc1cc(Oc2cc(C)nn2C)ncn1. The summed E-state index contributed by atoms with van der Waals surface area (Å²) in [5, 5.41) is 7.10. The summed E-state index contributed by atoms with van der Waals surface area (Å²) in [5.74, 6) is 1.85. The number of anilines is 1. The highest BCUT2D eigenvalue weighted by Crippen LogP contribution is 2.20. The van der Waals surface area contributed by atoms with Gasteiger partial charge in [0.05, 0.1) is 5.69 Å². The summed E-state index contributed by atoms with van der Waals surface area (Å²) in [6.45, 7) is 1.91. The molecule has 0 amide bonds. The van der Waals surface area contributed by atoms with Gasteiger partial charge in [0.15, 0.2) is 0 Å². The van der Waals surface area contributed by atoms with Gasteiger partial charge in [0.25, 0.3) is 0 Å². The van der Waals surface area contributed by atoms with Crippen LogP contribution < -0.4 is 10.1 Å². The lowest BCUT2D eigenvalue weighted by Crippen LogP contribution is -1.98. The van der Waals surface area contributed by atoms with Crippen molar-refractivity contribution >= 4 is 5.82 Å². The molecule has 16 heavy (non-hydrogen) atoms. The summed E-state index contributed by atoms with van der Waals surface area (Å²) in [5.41, 5.74) is 0.903. The minimum absolute atomic E-state index is 0.488.